The van der Waals surface area contributed by atoms with E-state index in [1.807, 2.05) is 24.3 Å². The molecule has 0 aliphatic carbocycles. The molecule has 0 atom stereocenters. The maximum absolute atomic E-state index is 12.2. The Bertz CT molecular complexity index is 974. The highest BCUT2D eigenvalue weighted by molar-refractivity contribution is 7.99. The van der Waals surface area contributed by atoms with Gasteiger partial charge in [0.25, 0.3) is 0 Å². The zero-order valence-corrected chi connectivity index (χ0v) is 15.8. The first-order chi connectivity index (χ1) is 13.7. The number of benzene rings is 1. The Kier molecular flexibility index (Phi) is 5.34. The largest absolute Gasteiger partial charge is 0.325 e. The highest BCUT2D eigenvalue weighted by atomic mass is 32.2. The van der Waals surface area contributed by atoms with Gasteiger partial charge in [-0.1, -0.05) is 11.8 Å². The number of nitrogens with zero attached hydrogens (tertiary/aromatic N) is 4. The fraction of sp³-hybridized carbons (Fsp3) is 0.211. The number of aromatic amines is 1. The number of pyridine rings is 1. The van der Waals surface area contributed by atoms with E-state index in [-0.39, 0.29) is 17.6 Å². The van der Waals surface area contributed by atoms with E-state index < -0.39 is 0 Å². The predicted molar refractivity (Wildman–Crippen MR) is 107 cm³/mol. The summed E-state index contributed by atoms with van der Waals surface area (Å²) in [5.74, 6) is 0.827. The third-order valence-electron chi connectivity index (χ3n) is 4.29. The quantitative estimate of drug-likeness (QED) is 0.623. The number of carbonyl (C=O) groups is 2. The molecule has 4 rings (SSSR count). The van der Waals surface area contributed by atoms with E-state index in [2.05, 4.69) is 25.5 Å². The summed E-state index contributed by atoms with van der Waals surface area (Å²) in [5.41, 5.74) is 2.43. The Morgan fingerprint density at radius 2 is 1.96 bits per heavy atom. The van der Waals surface area contributed by atoms with Crippen molar-refractivity contribution >= 4 is 35.0 Å². The number of aromatic nitrogens is 4. The van der Waals surface area contributed by atoms with Crippen molar-refractivity contribution in [1.29, 1.82) is 0 Å². The van der Waals surface area contributed by atoms with E-state index in [9.17, 15) is 9.59 Å². The van der Waals surface area contributed by atoms with Crippen LogP contribution in [0.4, 0.5) is 11.4 Å². The molecule has 1 aliphatic rings. The average molecular weight is 394 g/mol. The number of hydrogen-bond acceptors (Lipinski definition) is 6. The van der Waals surface area contributed by atoms with Gasteiger partial charge in [-0.05, 0) is 42.8 Å². The number of carbonyl (C=O) groups excluding carboxylic acids is 2. The minimum Gasteiger partial charge on any atom is -0.325 e. The maximum atomic E-state index is 12.2. The molecule has 9 heteroatoms. The lowest BCUT2D eigenvalue weighted by Crippen LogP contribution is -2.23. The molecule has 1 aliphatic heterocycles. The van der Waals surface area contributed by atoms with Crippen LogP contribution in [0.2, 0.25) is 0 Å². The van der Waals surface area contributed by atoms with Crippen LogP contribution in [0, 0.1) is 0 Å². The molecule has 8 nitrogen and oxygen atoms in total. The number of H-pyrrole nitrogens is 1. The van der Waals surface area contributed by atoms with Crippen LogP contribution in [0.1, 0.15) is 12.8 Å². The summed E-state index contributed by atoms with van der Waals surface area (Å²) in [6.07, 6.45) is 4.85. The maximum Gasteiger partial charge on any atom is 0.234 e. The molecule has 1 saturated heterocycles. The minimum absolute atomic E-state index is 0.144. The molecule has 1 fully saturated rings. The third-order valence-corrected chi connectivity index (χ3v) is 5.13. The molecule has 2 amide bonds. The minimum atomic E-state index is -0.148. The molecule has 0 bridgehead atoms. The molecule has 1 aromatic carbocycles. The monoisotopic (exact) mass is 394 g/mol. The Morgan fingerprint density at radius 3 is 2.68 bits per heavy atom. The lowest BCUT2D eigenvalue weighted by Gasteiger charge is -2.16. The second kappa shape index (κ2) is 8.22. The van der Waals surface area contributed by atoms with Crippen LogP contribution in [-0.4, -0.2) is 44.3 Å². The summed E-state index contributed by atoms with van der Waals surface area (Å²) < 4.78 is 0. The molecule has 3 heterocycles. The molecular formula is C19H18N6O2S. The molecule has 0 spiro atoms. The van der Waals surface area contributed by atoms with Gasteiger partial charge in [0.2, 0.25) is 17.0 Å². The highest BCUT2D eigenvalue weighted by Crippen LogP contribution is 2.23. The Morgan fingerprint density at radius 1 is 1.18 bits per heavy atom. The van der Waals surface area contributed by atoms with Crippen LogP contribution in [0.25, 0.3) is 11.4 Å². The SMILES string of the molecule is O=C(CSc1n[nH]c(-c2ccncc2)n1)Nc1ccc(N2CCCC2=O)cc1. The zero-order chi connectivity index (χ0) is 19.3. The van der Waals surface area contributed by atoms with Gasteiger partial charge >= 0.3 is 0 Å². The summed E-state index contributed by atoms with van der Waals surface area (Å²) in [6.45, 7) is 0.749. The Hall–Kier alpha value is -3.20. The third kappa shape index (κ3) is 4.20. The van der Waals surface area contributed by atoms with Crippen molar-refractivity contribution in [2.75, 3.05) is 22.5 Å². The summed E-state index contributed by atoms with van der Waals surface area (Å²) in [6, 6.07) is 11.0. The first-order valence-electron chi connectivity index (χ1n) is 8.85. The molecule has 2 N–H and O–H groups in total. The molecular weight excluding hydrogens is 376 g/mol. The van der Waals surface area contributed by atoms with Crippen LogP contribution >= 0.6 is 11.8 Å². The Labute approximate surface area is 165 Å². The average Bonchev–Trinajstić information content (AvgIpc) is 3.37. The van der Waals surface area contributed by atoms with Crippen molar-refractivity contribution in [2.24, 2.45) is 0 Å². The summed E-state index contributed by atoms with van der Waals surface area (Å²) in [4.78, 5) is 34.1. The lowest BCUT2D eigenvalue weighted by molar-refractivity contribution is -0.117. The second-order valence-corrected chi connectivity index (χ2v) is 7.18. The summed E-state index contributed by atoms with van der Waals surface area (Å²) >= 11 is 1.25. The number of thioether (sulfide) groups is 1. The van der Waals surface area contributed by atoms with Crippen molar-refractivity contribution in [3.63, 3.8) is 0 Å². The van der Waals surface area contributed by atoms with Crippen LogP contribution in [0.15, 0.2) is 53.9 Å². The molecule has 0 saturated carbocycles. The van der Waals surface area contributed by atoms with E-state index in [1.165, 1.54) is 11.8 Å². The predicted octanol–water partition coefficient (Wildman–Crippen LogP) is 2.72. The van der Waals surface area contributed by atoms with Gasteiger partial charge in [0, 0.05) is 42.3 Å². The van der Waals surface area contributed by atoms with E-state index in [1.54, 1.807) is 29.4 Å². The summed E-state index contributed by atoms with van der Waals surface area (Å²) in [5, 5.41) is 10.3. The van der Waals surface area contributed by atoms with Crippen molar-refractivity contribution in [3.05, 3.63) is 48.8 Å². The van der Waals surface area contributed by atoms with Gasteiger partial charge in [-0.3, -0.25) is 19.7 Å². The van der Waals surface area contributed by atoms with Crippen LogP contribution in [-0.2, 0) is 9.59 Å². The van der Waals surface area contributed by atoms with E-state index in [4.69, 9.17) is 0 Å². The van der Waals surface area contributed by atoms with Gasteiger partial charge < -0.3 is 10.2 Å². The zero-order valence-electron chi connectivity index (χ0n) is 15.0. The van der Waals surface area contributed by atoms with E-state index in [0.29, 0.717) is 23.1 Å². The molecule has 142 valence electrons. The van der Waals surface area contributed by atoms with Crippen molar-refractivity contribution in [2.45, 2.75) is 18.0 Å². The van der Waals surface area contributed by atoms with Crippen molar-refractivity contribution < 1.29 is 9.59 Å². The number of anilines is 2. The number of rotatable bonds is 6. The van der Waals surface area contributed by atoms with Gasteiger partial charge in [-0.25, -0.2) is 4.98 Å². The number of amides is 2. The van der Waals surface area contributed by atoms with Crippen LogP contribution in [0.5, 0.6) is 0 Å². The van der Waals surface area contributed by atoms with Crippen molar-refractivity contribution in [1.82, 2.24) is 20.2 Å². The van der Waals surface area contributed by atoms with E-state index in [0.717, 1.165) is 24.2 Å². The molecule has 28 heavy (non-hydrogen) atoms. The smallest absolute Gasteiger partial charge is 0.234 e. The van der Waals surface area contributed by atoms with Gasteiger partial charge in [0.1, 0.15) is 0 Å². The second-order valence-electron chi connectivity index (χ2n) is 6.24. The summed E-state index contributed by atoms with van der Waals surface area (Å²) in [7, 11) is 0. The van der Waals surface area contributed by atoms with Crippen molar-refractivity contribution in [3.8, 4) is 11.4 Å². The van der Waals surface area contributed by atoms with Crippen LogP contribution < -0.4 is 10.2 Å². The van der Waals surface area contributed by atoms with Gasteiger partial charge in [0.05, 0.1) is 5.75 Å². The molecule has 2 aromatic heterocycles. The molecule has 0 unspecified atom stereocenters. The highest BCUT2D eigenvalue weighted by Gasteiger charge is 2.21. The first kappa shape index (κ1) is 18.2. The first-order valence-corrected chi connectivity index (χ1v) is 9.83. The van der Waals surface area contributed by atoms with Gasteiger partial charge in [0.15, 0.2) is 5.82 Å². The number of hydrogen-bond donors (Lipinski definition) is 2. The fourth-order valence-corrected chi connectivity index (χ4v) is 3.52. The van der Waals surface area contributed by atoms with Crippen LogP contribution in [0.3, 0.4) is 0 Å². The fourth-order valence-electron chi connectivity index (χ4n) is 2.92. The molecule has 0 radical (unpaired) electrons. The topological polar surface area (TPSA) is 104 Å². The number of nitrogens with one attached hydrogen (secondary N) is 2. The standard InChI is InChI=1S/C19H18N6O2S/c26-16(12-28-19-22-18(23-24-19)13-7-9-20-10-8-13)21-14-3-5-15(6-4-14)25-11-1-2-17(25)27/h3-10H,1-2,11-12H2,(H,21,26)(H,22,23,24). The van der Waals surface area contributed by atoms with E-state index >= 15 is 0 Å². The lowest BCUT2D eigenvalue weighted by atomic mass is 10.2. The Balaban J connectivity index is 1.30. The molecule has 3 aromatic rings. The normalized spacial score (nSPS) is 13.7. The van der Waals surface area contributed by atoms with Gasteiger partial charge in [-0.2, -0.15) is 0 Å². The van der Waals surface area contributed by atoms with Gasteiger partial charge in [-0.15, -0.1) is 5.10 Å².